The van der Waals surface area contributed by atoms with Gasteiger partial charge in [0.05, 0.1) is 5.69 Å². The molecule has 0 aliphatic heterocycles. The molecule has 0 radical (unpaired) electrons. The van der Waals surface area contributed by atoms with Crippen molar-refractivity contribution in [3.05, 3.63) is 45.7 Å². The molecule has 0 bridgehead atoms. The summed E-state index contributed by atoms with van der Waals surface area (Å²) in [5, 5.41) is 10.0. The molecule has 0 atom stereocenters. The van der Waals surface area contributed by atoms with Crippen molar-refractivity contribution in [1.29, 1.82) is 0 Å². The average molecular weight is 423 g/mol. The summed E-state index contributed by atoms with van der Waals surface area (Å²) >= 11 is 1.62. The molecule has 1 spiro atoms. The van der Waals surface area contributed by atoms with Gasteiger partial charge in [-0.2, -0.15) is 0 Å². The zero-order chi connectivity index (χ0) is 21.0. The van der Waals surface area contributed by atoms with Crippen LogP contribution in [0.2, 0.25) is 0 Å². The highest BCUT2D eigenvalue weighted by Gasteiger charge is 2.44. The van der Waals surface area contributed by atoms with Crippen molar-refractivity contribution in [2.45, 2.75) is 88.1 Å². The number of benzene rings is 1. The first kappa shape index (κ1) is 19.9. The van der Waals surface area contributed by atoms with Gasteiger partial charge in [-0.25, -0.2) is 4.40 Å². The van der Waals surface area contributed by atoms with Gasteiger partial charge in [0.2, 0.25) is 5.78 Å². The Kier molecular flexibility index (Phi) is 4.80. The lowest BCUT2D eigenvalue weighted by molar-refractivity contribution is 0.283. The van der Waals surface area contributed by atoms with Gasteiger partial charge in [-0.3, -0.25) is 4.79 Å². The fraction of sp³-hybridized carbons (Fsp3) is 0.542. The number of hydrogen-bond acceptors (Lipinski definition) is 4. The van der Waals surface area contributed by atoms with E-state index >= 15 is 0 Å². The minimum atomic E-state index is -0.0755. The number of aromatic nitrogens is 4. The molecule has 30 heavy (non-hydrogen) atoms. The SMILES string of the molecule is CC(C)Sc1nnc2n(C(C)C)c3c(c(=O)n12)C1(CCCCC1)Cc1ccccc1-3. The first-order valence-electron chi connectivity index (χ1n) is 11.2. The maximum Gasteiger partial charge on any atom is 0.265 e. The molecule has 6 heteroatoms. The molecule has 158 valence electrons. The van der Waals surface area contributed by atoms with Crippen LogP contribution >= 0.6 is 11.8 Å². The van der Waals surface area contributed by atoms with Crippen molar-refractivity contribution in [3.8, 4) is 11.3 Å². The van der Waals surface area contributed by atoms with Crippen LogP contribution in [0, 0.1) is 0 Å². The molecule has 2 aromatic heterocycles. The summed E-state index contributed by atoms with van der Waals surface area (Å²) in [5.41, 5.74) is 4.67. The summed E-state index contributed by atoms with van der Waals surface area (Å²) in [6.45, 7) is 8.62. The summed E-state index contributed by atoms with van der Waals surface area (Å²) in [7, 11) is 0. The topological polar surface area (TPSA) is 52.2 Å². The van der Waals surface area contributed by atoms with Gasteiger partial charge in [0.1, 0.15) is 0 Å². The maximum absolute atomic E-state index is 14.2. The van der Waals surface area contributed by atoms with E-state index in [-0.39, 0.29) is 17.0 Å². The molecule has 0 saturated heterocycles. The molecule has 1 aromatic carbocycles. The van der Waals surface area contributed by atoms with E-state index in [2.05, 4.69) is 66.7 Å². The average Bonchev–Trinajstić information content (AvgIpc) is 3.11. The standard InChI is InChI=1S/C24H30N4OS/c1-15(2)27-20-18-11-7-6-10-17(18)14-24(12-8-5-9-13-24)19(20)21(29)28-22(27)25-26-23(28)30-16(3)4/h6-7,10-11,15-16H,5,8-9,12-14H2,1-4H3. The van der Waals surface area contributed by atoms with Gasteiger partial charge in [-0.05, 0) is 38.7 Å². The normalized spacial score (nSPS) is 17.7. The number of thioether (sulfide) groups is 1. The second kappa shape index (κ2) is 7.26. The van der Waals surface area contributed by atoms with Crippen molar-refractivity contribution >= 4 is 17.5 Å². The minimum absolute atomic E-state index is 0.0755. The summed E-state index contributed by atoms with van der Waals surface area (Å²) in [4.78, 5) is 14.2. The second-order valence-corrected chi connectivity index (χ2v) is 11.0. The van der Waals surface area contributed by atoms with E-state index in [9.17, 15) is 4.79 Å². The van der Waals surface area contributed by atoms with Crippen molar-refractivity contribution < 1.29 is 0 Å². The smallest absolute Gasteiger partial charge is 0.265 e. The fourth-order valence-electron chi connectivity index (χ4n) is 5.56. The van der Waals surface area contributed by atoms with Crippen molar-refractivity contribution in [2.24, 2.45) is 0 Å². The largest absolute Gasteiger partial charge is 0.307 e. The second-order valence-electron chi connectivity index (χ2n) is 9.45. The molecule has 5 nitrogen and oxygen atoms in total. The highest BCUT2D eigenvalue weighted by Crippen LogP contribution is 2.49. The number of hydrogen-bond donors (Lipinski definition) is 0. The maximum atomic E-state index is 14.2. The molecule has 0 unspecified atom stereocenters. The molecule has 1 saturated carbocycles. The molecule has 1 fully saturated rings. The highest BCUT2D eigenvalue weighted by molar-refractivity contribution is 7.99. The number of fused-ring (bicyclic) bond motifs is 5. The van der Waals surface area contributed by atoms with Crippen LogP contribution in [-0.2, 0) is 11.8 Å². The Labute approximate surface area is 181 Å². The van der Waals surface area contributed by atoms with E-state index in [1.54, 1.807) is 16.2 Å². The molecular weight excluding hydrogens is 392 g/mol. The van der Waals surface area contributed by atoms with Crippen LogP contribution in [0.3, 0.4) is 0 Å². The Balaban J connectivity index is 1.94. The highest BCUT2D eigenvalue weighted by atomic mass is 32.2. The van der Waals surface area contributed by atoms with Crippen molar-refractivity contribution in [3.63, 3.8) is 0 Å². The summed E-state index contributed by atoms with van der Waals surface area (Å²) in [5.74, 6) is 0.666. The predicted molar refractivity (Wildman–Crippen MR) is 123 cm³/mol. The van der Waals surface area contributed by atoms with Crippen molar-refractivity contribution in [1.82, 2.24) is 19.2 Å². The molecule has 2 heterocycles. The van der Waals surface area contributed by atoms with Gasteiger partial charge in [-0.1, -0.05) is 69.1 Å². The Morgan fingerprint density at radius 2 is 1.77 bits per heavy atom. The van der Waals surface area contributed by atoms with E-state index in [1.165, 1.54) is 30.4 Å². The summed E-state index contributed by atoms with van der Waals surface area (Å²) < 4.78 is 4.07. The first-order valence-corrected chi connectivity index (χ1v) is 12.1. The van der Waals surface area contributed by atoms with Gasteiger partial charge in [-0.15, -0.1) is 10.2 Å². The Morgan fingerprint density at radius 3 is 2.47 bits per heavy atom. The summed E-state index contributed by atoms with van der Waals surface area (Å²) in [6.07, 6.45) is 6.78. The van der Waals surface area contributed by atoms with Crippen LogP contribution in [-0.4, -0.2) is 24.4 Å². The van der Waals surface area contributed by atoms with E-state index in [0.717, 1.165) is 30.5 Å². The number of nitrogens with zero attached hydrogens (tertiary/aromatic N) is 4. The molecule has 2 aliphatic rings. The Hall–Kier alpha value is -2.08. The zero-order valence-corrected chi connectivity index (χ0v) is 19.1. The van der Waals surface area contributed by atoms with E-state index in [1.807, 2.05) is 0 Å². The minimum Gasteiger partial charge on any atom is -0.307 e. The van der Waals surface area contributed by atoms with Crippen LogP contribution in [0.4, 0.5) is 0 Å². The first-order chi connectivity index (χ1) is 14.4. The van der Waals surface area contributed by atoms with Crippen LogP contribution in [0.5, 0.6) is 0 Å². The molecule has 3 aromatic rings. The Morgan fingerprint density at radius 1 is 1.03 bits per heavy atom. The van der Waals surface area contributed by atoms with Gasteiger partial charge in [0, 0.05) is 27.8 Å². The number of rotatable bonds is 3. The van der Waals surface area contributed by atoms with E-state index in [0.29, 0.717) is 16.2 Å². The van der Waals surface area contributed by atoms with Gasteiger partial charge in [0.15, 0.2) is 5.16 Å². The molecule has 0 N–H and O–H groups in total. The lowest BCUT2D eigenvalue weighted by Crippen LogP contribution is -2.43. The quantitative estimate of drug-likeness (QED) is 0.531. The Bertz CT molecular complexity index is 1170. The van der Waals surface area contributed by atoms with Gasteiger partial charge in [0.25, 0.3) is 5.56 Å². The lowest BCUT2D eigenvalue weighted by atomic mass is 9.62. The molecule has 2 aliphatic carbocycles. The molecular formula is C24H30N4OS. The van der Waals surface area contributed by atoms with Gasteiger partial charge < -0.3 is 4.57 Å². The van der Waals surface area contributed by atoms with Crippen LogP contribution in [0.15, 0.2) is 34.2 Å². The fourth-order valence-corrected chi connectivity index (χ4v) is 6.34. The van der Waals surface area contributed by atoms with Crippen LogP contribution in [0.25, 0.3) is 17.0 Å². The molecule has 0 amide bonds. The summed E-state index contributed by atoms with van der Waals surface area (Å²) in [6, 6.07) is 8.82. The van der Waals surface area contributed by atoms with Crippen LogP contribution < -0.4 is 5.56 Å². The van der Waals surface area contributed by atoms with E-state index < -0.39 is 0 Å². The van der Waals surface area contributed by atoms with Crippen LogP contribution in [0.1, 0.15) is 77.0 Å². The lowest BCUT2D eigenvalue weighted by Gasteiger charge is -2.43. The monoisotopic (exact) mass is 422 g/mol. The molecule has 5 rings (SSSR count). The predicted octanol–water partition coefficient (Wildman–Crippen LogP) is 5.40. The third kappa shape index (κ3) is 2.87. The third-order valence-corrected chi connectivity index (χ3v) is 7.67. The zero-order valence-electron chi connectivity index (χ0n) is 18.3. The third-order valence-electron chi connectivity index (χ3n) is 6.73. The van der Waals surface area contributed by atoms with Crippen molar-refractivity contribution in [2.75, 3.05) is 0 Å². The van der Waals surface area contributed by atoms with Gasteiger partial charge >= 0.3 is 0 Å². The van der Waals surface area contributed by atoms with E-state index in [4.69, 9.17) is 0 Å².